The predicted octanol–water partition coefficient (Wildman–Crippen LogP) is 3.13. The van der Waals surface area contributed by atoms with E-state index in [2.05, 4.69) is 26.3 Å². The molecule has 0 aromatic rings. The molecular formula is C11H25NO. The summed E-state index contributed by atoms with van der Waals surface area (Å²) in [4.78, 5) is 5.25. The van der Waals surface area contributed by atoms with E-state index < -0.39 is 0 Å². The van der Waals surface area contributed by atoms with E-state index in [-0.39, 0.29) is 0 Å². The number of hydrogen-bond donors (Lipinski definition) is 1. The van der Waals surface area contributed by atoms with Crippen LogP contribution in [-0.2, 0) is 4.84 Å². The van der Waals surface area contributed by atoms with Crippen LogP contribution >= 0.6 is 0 Å². The molecular weight excluding hydrogens is 162 g/mol. The summed E-state index contributed by atoms with van der Waals surface area (Å²) in [5, 5.41) is 0. The van der Waals surface area contributed by atoms with Crippen LogP contribution in [0.5, 0.6) is 0 Å². The Morgan fingerprint density at radius 2 is 1.92 bits per heavy atom. The fourth-order valence-corrected chi connectivity index (χ4v) is 1.29. The summed E-state index contributed by atoms with van der Waals surface area (Å²) < 4.78 is 0. The first-order chi connectivity index (χ1) is 6.35. The minimum absolute atomic E-state index is 0.789. The van der Waals surface area contributed by atoms with Gasteiger partial charge in [0.05, 0.1) is 6.61 Å². The van der Waals surface area contributed by atoms with Gasteiger partial charge in [-0.3, -0.25) is 0 Å². The molecule has 2 heteroatoms. The molecule has 13 heavy (non-hydrogen) atoms. The molecule has 0 radical (unpaired) electrons. The summed E-state index contributed by atoms with van der Waals surface area (Å²) >= 11 is 0. The molecule has 0 aliphatic rings. The molecule has 2 nitrogen and oxygen atoms in total. The van der Waals surface area contributed by atoms with Gasteiger partial charge in [-0.2, -0.15) is 0 Å². The highest BCUT2D eigenvalue weighted by atomic mass is 16.6. The second kappa shape index (κ2) is 10.0. The quantitative estimate of drug-likeness (QED) is 0.442. The van der Waals surface area contributed by atoms with Crippen LogP contribution in [0, 0.1) is 5.92 Å². The molecule has 0 aliphatic carbocycles. The number of hydroxylamine groups is 1. The second-order valence-corrected chi connectivity index (χ2v) is 3.61. The number of rotatable bonds is 9. The maximum Gasteiger partial charge on any atom is 0.0679 e. The van der Waals surface area contributed by atoms with Gasteiger partial charge in [0.25, 0.3) is 0 Å². The molecule has 1 unspecified atom stereocenters. The summed E-state index contributed by atoms with van der Waals surface area (Å²) in [5.41, 5.74) is 3.05. The lowest BCUT2D eigenvalue weighted by atomic mass is 10.00. The van der Waals surface area contributed by atoms with E-state index in [1.165, 1.54) is 25.7 Å². The van der Waals surface area contributed by atoms with E-state index in [4.69, 9.17) is 4.84 Å². The fourth-order valence-electron chi connectivity index (χ4n) is 1.29. The zero-order chi connectivity index (χ0) is 9.94. The molecule has 80 valence electrons. The molecule has 0 bridgehead atoms. The Kier molecular flexibility index (Phi) is 9.94. The zero-order valence-electron chi connectivity index (χ0n) is 9.44. The van der Waals surface area contributed by atoms with E-state index in [9.17, 15) is 0 Å². The minimum Gasteiger partial charge on any atom is -0.302 e. The zero-order valence-corrected chi connectivity index (χ0v) is 9.44. The van der Waals surface area contributed by atoms with Crippen molar-refractivity contribution in [1.82, 2.24) is 5.48 Å². The normalized spacial score (nSPS) is 13.2. The summed E-state index contributed by atoms with van der Waals surface area (Å²) in [6.07, 6.45) is 6.30. The van der Waals surface area contributed by atoms with Crippen molar-refractivity contribution >= 4 is 0 Å². The summed E-state index contributed by atoms with van der Waals surface area (Å²) in [6, 6.07) is 0. The van der Waals surface area contributed by atoms with Crippen molar-refractivity contribution in [3.05, 3.63) is 0 Å². The standard InChI is InChI=1S/C11H25NO/c1-4-7-8-11(6-3)10-12-13-9-5-2/h11-12H,4-10H2,1-3H3. The van der Waals surface area contributed by atoms with E-state index in [1.807, 2.05) is 0 Å². The minimum atomic E-state index is 0.789. The molecule has 0 amide bonds. The average Bonchev–Trinajstić information content (AvgIpc) is 2.17. The molecule has 0 aromatic carbocycles. The van der Waals surface area contributed by atoms with Gasteiger partial charge in [-0.15, -0.1) is 0 Å². The third kappa shape index (κ3) is 8.26. The molecule has 0 rings (SSSR count). The maximum absolute atomic E-state index is 5.25. The van der Waals surface area contributed by atoms with Gasteiger partial charge in [-0.25, -0.2) is 5.48 Å². The van der Waals surface area contributed by atoms with Crippen LogP contribution in [0.3, 0.4) is 0 Å². The van der Waals surface area contributed by atoms with Crippen molar-refractivity contribution in [2.45, 2.75) is 52.9 Å². The maximum atomic E-state index is 5.25. The molecule has 0 fully saturated rings. The molecule has 0 aromatic heterocycles. The Bertz CT molecular complexity index is 96.1. The summed E-state index contributed by atoms with van der Waals surface area (Å²) in [6.45, 7) is 8.45. The first-order valence-electron chi connectivity index (χ1n) is 5.69. The van der Waals surface area contributed by atoms with E-state index in [0.717, 1.165) is 25.5 Å². The summed E-state index contributed by atoms with van der Waals surface area (Å²) in [7, 11) is 0. The van der Waals surface area contributed by atoms with Gasteiger partial charge in [0.2, 0.25) is 0 Å². The second-order valence-electron chi connectivity index (χ2n) is 3.61. The van der Waals surface area contributed by atoms with E-state index in [0.29, 0.717) is 0 Å². The molecule has 0 spiro atoms. The largest absolute Gasteiger partial charge is 0.302 e. The van der Waals surface area contributed by atoms with Crippen molar-refractivity contribution in [1.29, 1.82) is 0 Å². The SMILES string of the molecule is CCCCC(CC)CNOCCC. The number of hydrogen-bond acceptors (Lipinski definition) is 2. The van der Waals surface area contributed by atoms with Crippen molar-refractivity contribution in [3.8, 4) is 0 Å². The lowest BCUT2D eigenvalue weighted by Gasteiger charge is -2.14. The molecule has 0 saturated carbocycles. The summed E-state index contributed by atoms with van der Waals surface area (Å²) in [5.74, 6) is 0.789. The van der Waals surface area contributed by atoms with Crippen molar-refractivity contribution < 1.29 is 4.84 Å². The van der Waals surface area contributed by atoms with Crippen LogP contribution in [0.25, 0.3) is 0 Å². The average molecular weight is 187 g/mol. The van der Waals surface area contributed by atoms with Crippen molar-refractivity contribution in [2.24, 2.45) is 5.92 Å². The highest BCUT2D eigenvalue weighted by Gasteiger charge is 2.04. The monoisotopic (exact) mass is 187 g/mol. The van der Waals surface area contributed by atoms with Gasteiger partial charge in [0.15, 0.2) is 0 Å². The Balaban J connectivity index is 3.25. The first-order valence-corrected chi connectivity index (χ1v) is 5.69. The van der Waals surface area contributed by atoms with Gasteiger partial charge in [-0.1, -0.05) is 40.0 Å². The van der Waals surface area contributed by atoms with Gasteiger partial charge in [0.1, 0.15) is 0 Å². The molecule has 0 heterocycles. The van der Waals surface area contributed by atoms with Gasteiger partial charge >= 0.3 is 0 Å². The van der Waals surface area contributed by atoms with Crippen LogP contribution in [0.4, 0.5) is 0 Å². The lowest BCUT2D eigenvalue weighted by Crippen LogP contribution is -2.23. The highest BCUT2D eigenvalue weighted by Crippen LogP contribution is 2.10. The third-order valence-corrected chi connectivity index (χ3v) is 2.32. The highest BCUT2D eigenvalue weighted by molar-refractivity contribution is 4.57. The lowest BCUT2D eigenvalue weighted by molar-refractivity contribution is 0.0314. The Hall–Kier alpha value is -0.0800. The van der Waals surface area contributed by atoms with Crippen LogP contribution in [0.15, 0.2) is 0 Å². The third-order valence-electron chi connectivity index (χ3n) is 2.32. The number of nitrogens with one attached hydrogen (secondary N) is 1. The van der Waals surface area contributed by atoms with Gasteiger partial charge < -0.3 is 4.84 Å². The Labute approximate surface area is 83.0 Å². The smallest absolute Gasteiger partial charge is 0.0679 e. The molecule has 0 saturated heterocycles. The van der Waals surface area contributed by atoms with Crippen LogP contribution in [-0.4, -0.2) is 13.2 Å². The first kappa shape index (κ1) is 12.9. The van der Waals surface area contributed by atoms with Crippen LogP contribution < -0.4 is 5.48 Å². The van der Waals surface area contributed by atoms with E-state index in [1.54, 1.807) is 0 Å². The van der Waals surface area contributed by atoms with Gasteiger partial charge in [-0.05, 0) is 18.8 Å². The predicted molar refractivity (Wildman–Crippen MR) is 57.6 cm³/mol. The fraction of sp³-hybridized carbons (Fsp3) is 1.00. The van der Waals surface area contributed by atoms with Crippen LogP contribution in [0.2, 0.25) is 0 Å². The van der Waals surface area contributed by atoms with Gasteiger partial charge in [0, 0.05) is 6.54 Å². The van der Waals surface area contributed by atoms with Crippen LogP contribution in [0.1, 0.15) is 52.9 Å². The Morgan fingerprint density at radius 3 is 2.46 bits per heavy atom. The molecule has 1 atom stereocenters. The molecule has 1 N–H and O–H groups in total. The Morgan fingerprint density at radius 1 is 1.15 bits per heavy atom. The number of unbranched alkanes of at least 4 members (excludes halogenated alkanes) is 1. The van der Waals surface area contributed by atoms with E-state index >= 15 is 0 Å². The van der Waals surface area contributed by atoms with Crippen molar-refractivity contribution in [3.63, 3.8) is 0 Å². The molecule has 0 aliphatic heterocycles. The topological polar surface area (TPSA) is 21.3 Å². The van der Waals surface area contributed by atoms with Crippen molar-refractivity contribution in [2.75, 3.05) is 13.2 Å².